The van der Waals surface area contributed by atoms with E-state index in [-0.39, 0.29) is 24.6 Å². The molecule has 0 bridgehead atoms. The molecule has 4 N–H and O–H groups in total. The van der Waals surface area contributed by atoms with E-state index in [9.17, 15) is 18.0 Å². The van der Waals surface area contributed by atoms with Crippen molar-refractivity contribution < 1.29 is 18.0 Å². The molecule has 3 heterocycles. The van der Waals surface area contributed by atoms with Gasteiger partial charge in [0.15, 0.2) is 0 Å². The number of nitrogens with two attached hydrogens (primary N) is 1. The SMILES string of the molecule is Cc1ccc2c(N)c(C(=O)NCCc3ccc(N4CCNCC4)c(C(F)(F)F)c3)sc2n1. The van der Waals surface area contributed by atoms with Crippen LogP contribution in [0.3, 0.4) is 0 Å². The van der Waals surface area contributed by atoms with Crippen LogP contribution in [-0.2, 0) is 12.6 Å². The van der Waals surface area contributed by atoms with Crippen molar-refractivity contribution in [1.82, 2.24) is 15.6 Å². The number of benzene rings is 1. The molecule has 1 saturated heterocycles. The topological polar surface area (TPSA) is 83.3 Å². The first-order valence-electron chi connectivity index (χ1n) is 10.3. The summed E-state index contributed by atoms with van der Waals surface area (Å²) in [7, 11) is 0. The van der Waals surface area contributed by atoms with Crippen LogP contribution in [0.15, 0.2) is 30.3 Å². The largest absolute Gasteiger partial charge is 0.418 e. The Morgan fingerprint density at radius 3 is 2.72 bits per heavy atom. The van der Waals surface area contributed by atoms with E-state index in [1.165, 1.54) is 23.5 Å². The van der Waals surface area contributed by atoms with E-state index in [4.69, 9.17) is 5.73 Å². The third-order valence-electron chi connectivity index (χ3n) is 5.46. The summed E-state index contributed by atoms with van der Waals surface area (Å²) in [6.45, 7) is 4.43. The highest BCUT2D eigenvalue weighted by Gasteiger charge is 2.35. The Labute approximate surface area is 187 Å². The number of aryl methyl sites for hydroxylation is 1. The Kier molecular flexibility index (Phi) is 6.25. The predicted molar refractivity (Wildman–Crippen MR) is 121 cm³/mol. The molecule has 6 nitrogen and oxygen atoms in total. The highest BCUT2D eigenvalue weighted by molar-refractivity contribution is 7.21. The van der Waals surface area contributed by atoms with E-state index in [0.717, 1.165) is 11.1 Å². The van der Waals surface area contributed by atoms with Crippen LogP contribution in [-0.4, -0.2) is 43.6 Å². The molecular formula is C22H24F3N5OS. The Hall–Kier alpha value is -2.85. The molecule has 0 saturated carbocycles. The number of rotatable bonds is 5. The lowest BCUT2D eigenvalue weighted by Gasteiger charge is -2.31. The number of aromatic nitrogens is 1. The van der Waals surface area contributed by atoms with Gasteiger partial charge in [0.2, 0.25) is 0 Å². The second kappa shape index (κ2) is 8.95. The molecular weight excluding hydrogens is 439 g/mol. The molecule has 1 amide bonds. The lowest BCUT2D eigenvalue weighted by molar-refractivity contribution is -0.137. The average molecular weight is 464 g/mol. The summed E-state index contributed by atoms with van der Waals surface area (Å²) in [6.07, 6.45) is -4.17. The van der Waals surface area contributed by atoms with Crippen molar-refractivity contribution in [2.45, 2.75) is 19.5 Å². The van der Waals surface area contributed by atoms with Crippen LogP contribution in [0, 0.1) is 6.92 Å². The van der Waals surface area contributed by atoms with Crippen LogP contribution in [0.1, 0.15) is 26.5 Å². The van der Waals surface area contributed by atoms with E-state index in [0.29, 0.717) is 47.1 Å². The van der Waals surface area contributed by atoms with Gasteiger partial charge in [-0.15, -0.1) is 11.3 Å². The van der Waals surface area contributed by atoms with Crippen LogP contribution in [0.5, 0.6) is 0 Å². The number of alkyl halides is 3. The molecule has 1 fully saturated rings. The summed E-state index contributed by atoms with van der Waals surface area (Å²) < 4.78 is 41.1. The molecule has 1 aliphatic rings. The van der Waals surface area contributed by atoms with Crippen LogP contribution >= 0.6 is 11.3 Å². The van der Waals surface area contributed by atoms with E-state index < -0.39 is 11.7 Å². The molecule has 32 heavy (non-hydrogen) atoms. The number of pyridine rings is 1. The van der Waals surface area contributed by atoms with Crippen molar-refractivity contribution in [3.8, 4) is 0 Å². The molecule has 3 aromatic rings. The summed E-state index contributed by atoms with van der Waals surface area (Å²) in [6, 6.07) is 8.07. The fourth-order valence-electron chi connectivity index (χ4n) is 3.81. The van der Waals surface area contributed by atoms with E-state index in [1.807, 2.05) is 19.1 Å². The number of carbonyl (C=O) groups excluding carboxylic acids is 1. The monoisotopic (exact) mass is 463 g/mol. The molecule has 1 aliphatic heterocycles. The maximum atomic E-state index is 13.7. The highest BCUT2D eigenvalue weighted by Crippen LogP contribution is 2.37. The molecule has 0 unspecified atom stereocenters. The van der Waals surface area contributed by atoms with Gasteiger partial charge in [-0.3, -0.25) is 4.79 Å². The standard InChI is InChI=1S/C22H24F3N5OS/c1-13-2-4-15-18(26)19(32-21(15)29-13)20(31)28-7-6-14-3-5-17(16(12-14)22(23,24)25)30-10-8-27-9-11-30/h2-5,12,27H,6-11,26H2,1H3,(H,28,31). The van der Waals surface area contributed by atoms with E-state index in [2.05, 4.69) is 15.6 Å². The summed E-state index contributed by atoms with van der Waals surface area (Å²) in [5, 5.41) is 6.64. The van der Waals surface area contributed by atoms with Crippen LogP contribution in [0.2, 0.25) is 0 Å². The Morgan fingerprint density at radius 2 is 2.00 bits per heavy atom. The van der Waals surface area contributed by atoms with Crippen molar-refractivity contribution in [1.29, 1.82) is 0 Å². The van der Waals surface area contributed by atoms with Gasteiger partial charge in [-0.05, 0) is 43.2 Å². The molecule has 10 heteroatoms. The third kappa shape index (κ3) is 4.66. The number of hydrogen-bond donors (Lipinski definition) is 3. The van der Waals surface area contributed by atoms with Gasteiger partial charge >= 0.3 is 6.18 Å². The van der Waals surface area contributed by atoms with Crippen molar-refractivity contribution in [3.63, 3.8) is 0 Å². The summed E-state index contributed by atoms with van der Waals surface area (Å²) in [5.74, 6) is -0.350. The van der Waals surface area contributed by atoms with Crippen molar-refractivity contribution in [2.75, 3.05) is 43.4 Å². The number of nitrogens with one attached hydrogen (secondary N) is 2. The number of anilines is 2. The average Bonchev–Trinajstić information content (AvgIpc) is 3.09. The fourth-order valence-corrected chi connectivity index (χ4v) is 4.86. The second-order valence-electron chi connectivity index (χ2n) is 7.74. The van der Waals surface area contributed by atoms with Gasteiger partial charge in [0.25, 0.3) is 5.91 Å². The van der Waals surface area contributed by atoms with Gasteiger partial charge in [0.1, 0.15) is 9.71 Å². The molecule has 0 spiro atoms. The number of halogens is 3. The van der Waals surface area contributed by atoms with Crippen LogP contribution in [0.4, 0.5) is 24.5 Å². The van der Waals surface area contributed by atoms with E-state index >= 15 is 0 Å². The van der Waals surface area contributed by atoms with Crippen molar-refractivity contribution >= 4 is 38.8 Å². The van der Waals surface area contributed by atoms with Crippen molar-refractivity contribution in [2.24, 2.45) is 0 Å². The zero-order valence-electron chi connectivity index (χ0n) is 17.6. The number of nitrogens with zero attached hydrogens (tertiary/aromatic N) is 2. The van der Waals surface area contributed by atoms with Gasteiger partial charge in [0.05, 0.1) is 11.3 Å². The lowest BCUT2D eigenvalue weighted by atomic mass is 10.0. The molecule has 4 rings (SSSR count). The normalized spacial score (nSPS) is 14.7. The molecule has 0 radical (unpaired) electrons. The number of thiophene rings is 1. The molecule has 1 aromatic carbocycles. The Morgan fingerprint density at radius 1 is 1.25 bits per heavy atom. The molecule has 0 atom stereocenters. The zero-order chi connectivity index (χ0) is 22.9. The maximum Gasteiger partial charge on any atom is 0.418 e. The van der Waals surface area contributed by atoms with Crippen LogP contribution < -0.4 is 21.3 Å². The zero-order valence-corrected chi connectivity index (χ0v) is 18.4. The third-order valence-corrected chi connectivity index (χ3v) is 6.58. The molecule has 170 valence electrons. The second-order valence-corrected chi connectivity index (χ2v) is 8.74. The number of hydrogen-bond acceptors (Lipinski definition) is 6. The molecule has 2 aromatic heterocycles. The van der Waals surface area contributed by atoms with E-state index in [1.54, 1.807) is 11.0 Å². The van der Waals surface area contributed by atoms with Gasteiger partial charge in [-0.1, -0.05) is 6.07 Å². The fraction of sp³-hybridized carbons (Fsp3) is 0.364. The number of piperazine rings is 1. The number of carbonyl (C=O) groups is 1. The van der Waals surface area contributed by atoms with Crippen LogP contribution in [0.25, 0.3) is 10.2 Å². The smallest absolute Gasteiger partial charge is 0.397 e. The van der Waals surface area contributed by atoms with Gasteiger partial charge in [-0.2, -0.15) is 13.2 Å². The lowest BCUT2D eigenvalue weighted by Crippen LogP contribution is -2.44. The van der Waals surface area contributed by atoms with Gasteiger partial charge < -0.3 is 21.3 Å². The maximum absolute atomic E-state index is 13.7. The minimum atomic E-state index is -4.45. The number of nitrogen functional groups attached to an aromatic ring is 1. The Balaban J connectivity index is 1.45. The quantitative estimate of drug-likeness (QED) is 0.539. The summed E-state index contributed by atoms with van der Waals surface area (Å²) >= 11 is 1.21. The number of amides is 1. The van der Waals surface area contributed by atoms with Gasteiger partial charge in [0, 0.05) is 49.5 Å². The highest BCUT2D eigenvalue weighted by atomic mass is 32.1. The molecule has 0 aliphatic carbocycles. The minimum Gasteiger partial charge on any atom is -0.397 e. The minimum absolute atomic E-state index is 0.198. The van der Waals surface area contributed by atoms with Crippen molar-refractivity contribution in [3.05, 3.63) is 52.0 Å². The first-order valence-corrected chi connectivity index (χ1v) is 11.2. The summed E-state index contributed by atoms with van der Waals surface area (Å²) in [4.78, 5) is 19.8. The summed E-state index contributed by atoms with van der Waals surface area (Å²) in [5.41, 5.74) is 7.38. The predicted octanol–water partition coefficient (Wildman–Crippen LogP) is 3.59. The Bertz CT molecular complexity index is 1140. The first-order chi connectivity index (χ1) is 15.2. The number of fused-ring (bicyclic) bond motifs is 1. The first kappa shape index (κ1) is 22.3. The van der Waals surface area contributed by atoms with Gasteiger partial charge in [-0.25, -0.2) is 4.98 Å².